The van der Waals surface area contributed by atoms with E-state index in [1.165, 1.54) is 30.0 Å². The van der Waals surface area contributed by atoms with Gasteiger partial charge in [-0.05, 0) is 61.9 Å². The number of rotatable bonds is 6. The van der Waals surface area contributed by atoms with Crippen molar-refractivity contribution in [2.45, 2.75) is 62.1 Å². The molecule has 0 spiro atoms. The van der Waals surface area contributed by atoms with Crippen LogP contribution in [0.2, 0.25) is 0 Å². The molecule has 0 bridgehead atoms. The van der Waals surface area contributed by atoms with E-state index < -0.39 is 12.0 Å². The van der Waals surface area contributed by atoms with Gasteiger partial charge in [0, 0.05) is 11.4 Å². The number of carbonyl (C=O) groups excluding carboxylic acids is 1. The molecular weight excluding hydrogens is 470 g/mol. The Kier molecular flexibility index (Phi) is 6.86. The highest BCUT2D eigenvalue weighted by molar-refractivity contribution is 7.98. The Morgan fingerprint density at radius 2 is 1.86 bits per heavy atom. The summed E-state index contributed by atoms with van der Waals surface area (Å²) in [5.41, 5.74) is 2.29. The highest BCUT2D eigenvalue weighted by Gasteiger charge is 2.36. The molecule has 1 fully saturated rings. The van der Waals surface area contributed by atoms with Crippen LogP contribution in [0.25, 0.3) is 0 Å². The topological polar surface area (TPSA) is 69.0 Å². The Bertz CT molecular complexity index is 1250. The molecule has 2 aromatic carbocycles. The van der Waals surface area contributed by atoms with Crippen LogP contribution >= 0.6 is 11.8 Å². The molecule has 1 aromatic heterocycles. The van der Waals surface area contributed by atoms with Gasteiger partial charge in [0.25, 0.3) is 0 Å². The first-order valence-electron chi connectivity index (χ1n) is 11.8. The van der Waals surface area contributed by atoms with Crippen LogP contribution in [0.15, 0.2) is 65.0 Å². The third-order valence-corrected chi connectivity index (χ3v) is 7.27. The smallest absolute Gasteiger partial charge is 0.338 e. The van der Waals surface area contributed by atoms with Crippen LogP contribution in [-0.2, 0) is 15.3 Å². The zero-order valence-electron chi connectivity index (χ0n) is 19.3. The van der Waals surface area contributed by atoms with Crippen molar-refractivity contribution in [2.24, 2.45) is 0 Å². The number of fused-ring (bicyclic) bond motifs is 1. The summed E-state index contributed by atoms with van der Waals surface area (Å²) < 4.78 is 35.3. The standard InChI is InChI=1S/C26H26F2N4O2S/c1-16-22(24(33)34-20-8-3-2-4-9-20)23(17-11-13-19(27)14-12-17)32-25(29-16)30-26(31-32)35-15-18-7-5-6-10-21(18)28/h5-7,10-14,20,23H,2-4,8-9,15H2,1H3,(H,29,30,31). The predicted octanol–water partition coefficient (Wildman–Crippen LogP) is 6.01. The number of carbonyl (C=O) groups is 1. The van der Waals surface area contributed by atoms with Gasteiger partial charge >= 0.3 is 5.97 Å². The molecule has 1 aliphatic heterocycles. The fourth-order valence-electron chi connectivity index (χ4n) is 4.57. The molecule has 3 aromatic rings. The first-order chi connectivity index (χ1) is 17.0. The van der Waals surface area contributed by atoms with Gasteiger partial charge in [0.05, 0.1) is 5.57 Å². The number of nitrogens with one attached hydrogen (secondary N) is 1. The van der Waals surface area contributed by atoms with Crippen LogP contribution in [0.3, 0.4) is 0 Å². The zero-order valence-corrected chi connectivity index (χ0v) is 20.2. The van der Waals surface area contributed by atoms with E-state index in [2.05, 4.69) is 15.4 Å². The number of hydrogen-bond donors (Lipinski definition) is 1. The monoisotopic (exact) mass is 496 g/mol. The van der Waals surface area contributed by atoms with Crippen molar-refractivity contribution in [1.82, 2.24) is 14.8 Å². The molecule has 1 atom stereocenters. The summed E-state index contributed by atoms with van der Waals surface area (Å²) in [5.74, 6) is -0.230. The maximum Gasteiger partial charge on any atom is 0.338 e. The zero-order chi connectivity index (χ0) is 24.4. The Morgan fingerprint density at radius 3 is 2.60 bits per heavy atom. The summed E-state index contributed by atoms with van der Waals surface area (Å²) in [5, 5.41) is 8.26. The lowest BCUT2D eigenvalue weighted by molar-refractivity contribution is -0.146. The van der Waals surface area contributed by atoms with Crippen molar-refractivity contribution in [1.29, 1.82) is 0 Å². The maximum absolute atomic E-state index is 14.1. The molecule has 0 saturated heterocycles. The van der Waals surface area contributed by atoms with Crippen molar-refractivity contribution in [3.63, 3.8) is 0 Å². The SMILES string of the molecule is CC1=C(C(=O)OC2CCCCC2)C(c2ccc(F)cc2)n2nc(SCc3ccccc3F)nc2N1. The third-order valence-electron chi connectivity index (χ3n) is 6.38. The molecule has 5 rings (SSSR count). The van der Waals surface area contributed by atoms with Crippen LogP contribution < -0.4 is 5.32 Å². The number of ether oxygens (including phenoxy) is 1. The van der Waals surface area contributed by atoms with Gasteiger partial charge in [-0.25, -0.2) is 18.3 Å². The lowest BCUT2D eigenvalue weighted by atomic mass is 9.95. The number of anilines is 1. The lowest BCUT2D eigenvalue weighted by Gasteiger charge is -2.30. The highest BCUT2D eigenvalue weighted by atomic mass is 32.2. The normalized spacial score (nSPS) is 18.2. The summed E-state index contributed by atoms with van der Waals surface area (Å²) in [6.45, 7) is 1.80. The molecular formula is C26H26F2N4O2S. The maximum atomic E-state index is 14.1. The molecule has 2 aliphatic rings. The fourth-order valence-corrected chi connectivity index (χ4v) is 5.38. The van der Waals surface area contributed by atoms with E-state index in [-0.39, 0.29) is 17.7 Å². The summed E-state index contributed by atoms with van der Waals surface area (Å²) in [6, 6.07) is 12.0. The van der Waals surface area contributed by atoms with E-state index in [9.17, 15) is 13.6 Å². The Labute approximate surface area is 206 Å². The number of aromatic nitrogens is 3. The molecule has 0 radical (unpaired) electrons. The minimum absolute atomic E-state index is 0.102. The number of allylic oxidation sites excluding steroid dienone is 1. The summed E-state index contributed by atoms with van der Waals surface area (Å²) in [4.78, 5) is 18.0. The Morgan fingerprint density at radius 1 is 1.11 bits per heavy atom. The minimum atomic E-state index is -0.627. The molecule has 1 aliphatic carbocycles. The van der Waals surface area contributed by atoms with E-state index >= 15 is 0 Å². The van der Waals surface area contributed by atoms with Crippen LogP contribution in [0, 0.1) is 11.6 Å². The van der Waals surface area contributed by atoms with Gasteiger partial charge in [-0.2, -0.15) is 4.98 Å². The fraction of sp³-hybridized carbons (Fsp3) is 0.346. The van der Waals surface area contributed by atoms with Gasteiger partial charge in [0.15, 0.2) is 0 Å². The molecule has 182 valence electrons. The molecule has 1 unspecified atom stereocenters. The van der Waals surface area contributed by atoms with Gasteiger partial charge in [-0.1, -0.05) is 48.5 Å². The van der Waals surface area contributed by atoms with E-state index in [4.69, 9.17) is 4.74 Å². The van der Waals surface area contributed by atoms with Crippen LogP contribution in [0.5, 0.6) is 0 Å². The summed E-state index contributed by atoms with van der Waals surface area (Å²) >= 11 is 1.30. The molecule has 35 heavy (non-hydrogen) atoms. The average Bonchev–Trinajstić information content (AvgIpc) is 3.26. The molecule has 6 nitrogen and oxygen atoms in total. The van der Waals surface area contributed by atoms with Gasteiger partial charge < -0.3 is 10.1 Å². The molecule has 1 N–H and O–H groups in total. The second-order valence-corrected chi connectivity index (χ2v) is 9.77. The average molecular weight is 497 g/mol. The minimum Gasteiger partial charge on any atom is -0.459 e. The first-order valence-corrected chi connectivity index (χ1v) is 12.7. The predicted molar refractivity (Wildman–Crippen MR) is 130 cm³/mol. The largest absolute Gasteiger partial charge is 0.459 e. The molecule has 9 heteroatoms. The quantitative estimate of drug-likeness (QED) is 0.333. The van der Waals surface area contributed by atoms with Crippen molar-refractivity contribution >= 4 is 23.7 Å². The van der Waals surface area contributed by atoms with Crippen molar-refractivity contribution in [2.75, 3.05) is 5.32 Å². The van der Waals surface area contributed by atoms with E-state index in [0.717, 1.165) is 32.1 Å². The number of halogens is 2. The van der Waals surface area contributed by atoms with E-state index in [1.807, 2.05) is 0 Å². The van der Waals surface area contributed by atoms with E-state index in [0.29, 0.717) is 39.3 Å². The highest BCUT2D eigenvalue weighted by Crippen LogP contribution is 2.38. The molecule has 2 heterocycles. The van der Waals surface area contributed by atoms with Gasteiger partial charge in [0.1, 0.15) is 23.8 Å². The van der Waals surface area contributed by atoms with Crippen molar-refractivity contribution < 1.29 is 18.3 Å². The molecule has 0 amide bonds. The van der Waals surface area contributed by atoms with E-state index in [1.54, 1.807) is 41.9 Å². The van der Waals surface area contributed by atoms with Crippen molar-refractivity contribution in [3.8, 4) is 0 Å². The number of benzene rings is 2. The van der Waals surface area contributed by atoms with Crippen LogP contribution in [0.1, 0.15) is 56.2 Å². The van der Waals surface area contributed by atoms with Gasteiger partial charge in [-0.3, -0.25) is 0 Å². The van der Waals surface area contributed by atoms with Crippen LogP contribution in [-0.4, -0.2) is 26.8 Å². The van der Waals surface area contributed by atoms with Crippen molar-refractivity contribution in [3.05, 3.63) is 82.6 Å². The summed E-state index contributed by atoms with van der Waals surface area (Å²) in [6.07, 6.45) is 4.87. The van der Waals surface area contributed by atoms with Crippen LogP contribution in [0.4, 0.5) is 14.7 Å². The Hall–Kier alpha value is -3.20. The number of thioether (sulfide) groups is 1. The third kappa shape index (κ3) is 5.10. The number of nitrogens with zero attached hydrogens (tertiary/aromatic N) is 3. The first kappa shape index (κ1) is 23.5. The van der Waals surface area contributed by atoms with Gasteiger partial charge in [-0.15, -0.1) is 5.10 Å². The number of hydrogen-bond acceptors (Lipinski definition) is 6. The second kappa shape index (κ2) is 10.2. The van der Waals surface area contributed by atoms with Gasteiger partial charge in [0.2, 0.25) is 11.1 Å². The molecule has 1 saturated carbocycles. The summed E-state index contributed by atoms with van der Waals surface area (Å²) in [7, 11) is 0. The number of esters is 1. The lowest BCUT2D eigenvalue weighted by Crippen LogP contribution is -2.32. The Balaban J connectivity index is 1.45. The second-order valence-electron chi connectivity index (χ2n) is 8.83.